The molecule has 0 saturated carbocycles. The Labute approximate surface area is 78.8 Å². The highest BCUT2D eigenvalue weighted by Crippen LogP contribution is 2.58. The highest BCUT2D eigenvalue weighted by atomic mass is 31.3. The Morgan fingerprint density at radius 1 is 1.07 bits per heavy atom. The first-order valence-corrected chi connectivity index (χ1v) is 6.22. The largest absolute Gasteiger partial charge is 0.481 e. The quantitative estimate of drug-likeness (QED) is 0.357. The molecular formula is C3H10O9P2. The maximum Gasteiger partial charge on any atom is 0.481 e. The van der Waals surface area contributed by atoms with Gasteiger partial charge in [0.25, 0.3) is 0 Å². The van der Waals surface area contributed by atoms with Crippen LogP contribution in [0.2, 0.25) is 0 Å². The Kier molecular flexibility index (Phi) is 5.38. The molecule has 0 aromatic rings. The van der Waals surface area contributed by atoms with E-state index in [9.17, 15) is 9.13 Å². The molecule has 14 heavy (non-hydrogen) atoms. The third-order valence-corrected chi connectivity index (χ3v) is 3.14. The second-order valence-electron chi connectivity index (χ2n) is 2.13. The summed E-state index contributed by atoms with van der Waals surface area (Å²) < 4.78 is 28.3. The summed E-state index contributed by atoms with van der Waals surface area (Å²) in [6.45, 7) is -1.60. The van der Waals surface area contributed by atoms with E-state index in [4.69, 9.17) is 24.9 Å². The summed E-state index contributed by atoms with van der Waals surface area (Å²) in [5.74, 6) is 0. The highest BCUT2D eigenvalue weighted by Gasteiger charge is 2.34. The predicted octanol–water partition coefficient (Wildman–Crippen LogP) is -1.43. The van der Waals surface area contributed by atoms with Crippen LogP contribution in [0.4, 0.5) is 0 Å². The number of hydrogen-bond acceptors (Lipinski definition) is 6. The van der Waals surface area contributed by atoms with Gasteiger partial charge in [0.2, 0.25) is 0 Å². The minimum Gasteiger partial charge on any atom is -0.394 e. The van der Waals surface area contributed by atoms with E-state index in [0.717, 1.165) is 0 Å². The molecule has 5 N–H and O–H groups in total. The summed E-state index contributed by atoms with van der Waals surface area (Å²) in [6, 6.07) is 0. The van der Waals surface area contributed by atoms with Crippen molar-refractivity contribution in [3.05, 3.63) is 0 Å². The van der Waals surface area contributed by atoms with E-state index in [2.05, 4.69) is 8.83 Å². The van der Waals surface area contributed by atoms with Crippen LogP contribution in [0, 0.1) is 0 Å². The molecule has 0 aromatic heterocycles. The van der Waals surface area contributed by atoms with Crippen LogP contribution in [0.5, 0.6) is 0 Å². The minimum absolute atomic E-state index is 0.800. The van der Waals surface area contributed by atoms with E-state index in [0.29, 0.717) is 0 Å². The van der Waals surface area contributed by atoms with Gasteiger partial charge in [-0.1, -0.05) is 0 Å². The zero-order valence-electron chi connectivity index (χ0n) is 6.76. The molecule has 0 heterocycles. The van der Waals surface area contributed by atoms with Crippen LogP contribution in [-0.2, 0) is 18.0 Å². The Balaban J connectivity index is 4.34. The number of phosphoric ester groups is 1. The summed E-state index contributed by atoms with van der Waals surface area (Å²) in [5.41, 5.74) is 0. The van der Waals surface area contributed by atoms with Gasteiger partial charge in [-0.15, -0.1) is 0 Å². The molecule has 0 aromatic carbocycles. The van der Waals surface area contributed by atoms with Gasteiger partial charge in [-0.3, -0.25) is 4.52 Å². The second-order valence-corrected chi connectivity index (χ2v) is 4.92. The van der Waals surface area contributed by atoms with Crippen molar-refractivity contribution in [2.24, 2.45) is 0 Å². The van der Waals surface area contributed by atoms with Gasteiger partial charge in [0.05, 0.1) is 13.2 Å². The Morgan fingerprint density at radius 3 is 1.79 bits per heavy atom. The van der Waals surface area contributed by atoms with Crippen LogP contribution in [0.15, 0.2) is 0 Å². The lowest BCUT2D eigenvalue weighted by atomic mass is 10.4. The highest BCUT2D eigenvalue weighted by molar-refractivity contribution is 7.60. The molecule has 0 amide bonds. The molecule has 86 valence electrons. The molecule has 0 aliphatic heterocycles. The molecule has 0 radical (unpaired) electrons. The first-order chi connectivity index (χ1) is 6.20. The normalized spacial score (nSPS) is 17.0. The summed E-state index contributed by atoms with van der Waals surface area (Å²) in [5, 5.41) is 16.8. The third-order valence-electron chi connectivity index (χ3n) is 0.899. The lowest BCUT2D eigenvalue weighted by Gasteiger charge is -2.16. The van der Waals surface area contributed by atoms with Crippen LogP contribution < -0.4 is 0 Å². The van der Waals surface area contributed by atoms with Crippen LogP contribution in [0.3, 0.4) is 0 Å². The summed E-state index contributed by atoms with van der Waals surface area (Å²) >= 11 is 0. The van der Waals surface area contributed by atoms with E-state index >= 15 is 0 Å². The molecule has 0 rings (SSSR count). The van der Waals surface area contributed by atoms with E-state index < -0.39 is 35.0 Å². The van der Waals surface area contributed by atoms with E-state index in [1.807, 2.05) is 0 Å². The van der Waals surface area contributed by atoms with Crippen LogP contribution >= 0.6 is 15.6 Å². The smallest absolute Gasteiger partial charge is 0.394 e. The van der Waals surface area contributed by atoms with Gasteiger partial charge in [0, 0.05) is 0 Å². The molecule has 0 spiro atoms. The summed E-state index contributed by atoms with van der Waals surface area (Å²) in [6.07, 6.45) is -1.45. The van der Waals surface area contributed by atoms with Crippen molar-refractivity contribution in [3.63, 3.8) is 0 Å². The fourth-order valence-electron chi connectivity index (χ4n) is 0.466. The second kappa shape index (κ2) is 5.32. The number of hydrogen-bond donors (Lipinski definition) is 5. The van der Waals surface area contributed by atoms with E-state index in [1.54, 1.807) is 0 Å². The number of phosphoric acid groups is 2. The average Bonchev–Trinajstić information content (AvgIpc) is 1.95. The van der Waals surface area contributed by atoms with Crippen molar-refractivity contribution >= 4 is 15.6 Å². The molecule has 0 fully saturated rings. The van der Waals surface area contributed by atoms with Crippen molar-refractivity contribution in [2.75, 3.05) is 13.2 Å². The summed E-state index contributed by atoms with van der Waals surface area (Å²) in [4.78, 5) is 25.0. The fraction of sp³-hybridized carbons (Fsp3) is 1.00. The van der Waals surface area contributed by atoms with Crippen molar-refractivity contribution in [1.82, 2.24) is 0 Å². The van der Waals surface area contributed by atoms with Crippen molar-refractivity contribution in [3.8, 4) is 0 Å². The SMILES string of the molecule is O=P(O)(O)OP(=O)(O)OC(CO)CO. The number of aliphatic hydroxyl groups excluding tert-OH is 2. The standard InChI is InChI=1S/C3H10O9P2/c4-1-3(2-5)11-14(9,10)12-13(6,7)8/h3-5H,1-2H2,(H,9,10)(H2,6,7,8). The van der Waals surface area contributed by atoms with Gasteiger partial charge in [-0.2, -0.15) is 4.31 Å². The fourth-order valence-corrected chi connectivity index (χ4v) is 2.21. The monoisotopic (exact) mass is 252 g/mol. The zero-order chi connectivity index (χ0) is 11.4. The molecule has 0 aliphatic carbocycles. The van der Waals surface area contributed by atoms with Crippen LogP contribution in [0.1, 0.15) is 0 Å². The molecule has 0 bridgehead atoms. The van der Waals surface area contributed by atoms with Gasteiger partial charge >= 0.3 is 15.6 Å². The van der Waals surface area contributed by atoms with Gasteiger partial charge < -0.3 is 24.9 Å². The first-order valence-electron chi connectivity index (χ1n) is 3.20. The van der Waals surface area contributed by atoms with Gasteiger partial charge in [0.1, 0.15) is 6.10 Å². The Hall–Kier alpha value is 0.180. The average molecular weight is 252 g/mol. The molecule has 0 saturated heterocycles. The minimum atomic E-state index is -5.17. The first kappa shape index (κ1) is 14.2. The number of rotatable bonds is 6. The lowest BCUT2D eigenvalue weighted by Crippen LogP contribution is -2.20. The van der Waals surface area contributed by atoms with Crippen molar-refractivity contribution in [2.45, 2.75) is 6.10 Å². The van der Waals surface area contributed by atoms with Crippen LogP contribution in [0.25, 0.3) is 0 Å². The van der Waals surface area contributed by atoms with Crippen molar-refractivity contribution in [1.29, 1.82) is 0 Å². The lowest BCUT2D eigenvalue weighted by molar-refractivity contribution is 0.0385. The van der Waals surface area contributed by atoms with E-state index in [1.165, 1.54) is 0 Å². The molecule has 1 unspecified atom stereocenters. The summed E-state index contributed by atoms with van der Waals surface area (Å²) in [7, 11) is -10.2. The van der Waals surface area contributed by atoms with Crippen molar-refractivity contribution < 1.29 is 42.9 Å². The molecule has 1 atom stereocenters. The maximum atomic E-state index is 10.8. The zero-order valence-corrected chi connectivity index (χ0v) is 8.54. The maximum absolute atomic E-state index is 10.8. The molecule has 9 nitrogen and oxygen atoms in total. The molecule has 0 aliphatic rings. The topological polar surface area (TPSA) is 154 Å². The van der Waals surface area contributed by atoms with E-state index in [-0.39, 0.29) is 0 Å². The van der Waals surface area contributed by atoms with Gasteiger partial charge in [0.15, 0.2) is 0 Å². The Morgan fingerprint density at radius 2 is 1.50 bits per heavy atom. The molecular weight excluding hydrogens is 242 g/mol. The third kappa shape index (κ3) is 6.61. The predicted molar refractivity (Wildman–Crippen MR) is 42.0 cm³/mol. The number of aliphatic hydroxyl groups is 2. The Bertz CT molecular complexity index is 253. The van der Waals surface area contributed by atoms with Gasteiger partial charge in [-0.05, 0) is 0 Å². The van der Waals surface area contributed by atoms with Gasteiger partial charge in [-0.25, -0.2) is 9.13 Å². The molecule has 11 heteroatoms. The van der Waals surface area contributed by atoms with Crippen LogP contribution in [-0.4, -0.2) is 44.2 Å².